The lowest BCUT2D eigenvalue weighted by molar-refractivity contribution is -0.00544. The fraction of sp³-hybridized carbons (Fsp3) is 0.500. The molecule has 0 bridgehead atoms. The van der Waals surface area contributed by atoms with Gasteiger partial charge in [0.05, 0.1) is 12.2 Å². The number of fused-ring (bicyclic) bond motifs is 1. The summed E-state index contributed by atoms with van der Waals surface area (Å²) in [7, 11) is 0. The first-order valence-corrected chi connectivity index (χ1v) is 7.18. The van der Waals surface area contributed by atoms with Crippen molar-refractivity contribution < 1.29 is 4.74 Å². The van der Waals surface area contributed by atoms with E-state index in [0.29, 0.717) is 0 Å². The fourth-order valence-corrected chi connectivity index (χ4v) is 2.96. The number of pyridine rings is 2. The van der Waals surface area contributed by atoms with Crippen molar-refractivity contribution in [2.24, 2.45) is 0 Å². The van der Waals surface area contributed by atoms with Crippen LogP contribution >= 0.6 is 0 Å². The van der Waals surface area contributed by atoms with Crippen molar-refractivity contribution in [3.05, 3.63) is 29.5 Å². The highest BCUT2D eigenvalue weighted by molar-refractivity contribution is 5.80. The largest absolute Gasteiger partial charge is 0.372 e. The average Bonchev–Trinajstić information content (AvgIpc) is 2.36. The molecule has 0 amide bonds. The Labute approximate surface area is 119 Å². The molecule has 4 heteroatoms. The first-order valence-electron chi connectivity index (χ1n) is 7.18. The highest BCUT2D eigenvalue weighted by atomic mass is 16.5. The third-order valence-corrected chi connectivity index (χ3v) is 3.74. The monoisotopic (exact) mass is 271 g/mol. The van der Waals surface area contributed by atoms with Gasteiger partial charge in [-0.15, -0.1) is 0 Å². The molecule has 0 spiro atoms. The normalized spacial score (nSPS) is 23.3. The van der Waals surface area contributed by atoms with Crippen molar-refractivity contribution in [3.8, 4) is 0 Å². The highest BCUT2D eigenvalue weighted by Gasteiger charge is 2.23. The van der Waals surface area contributed by atoms with Gasteiger partial charge in [0.1, 0.15) is 5.82 Å². The molecule has 2 aromatic heterocycles. The van der Waals surface area contributed by atoms with Crippen LogP contribution in [0.1, 0.15) is 25.1 Å². The number of nitrogens with zero attached hydrogens (tertiary/aromatic N) is 3. The predicted octanol–water partition coefficient (Wildman–Crippen LogP) is 2.86. The Bertz CT molecular complexity index is 631. The topological polar surface area (TPSA) is 38.2 Å². The lowest BCUT2D eigenvalue weighted by atomic mass is 10.1. The first-order chi connectivity index (χ1) is 9.52. The van der Waals surface area contributed by atoms with Gasteiger partial charge >= 0.3 is 0 Å². The number of morpholine rings is 1. The molecule has 0 aliphatic carbocycles. The molecule has 1 aliphatic heterocycles. The number of aryl methyl sites for hydroxylation is 2. The minimum Gasteiger partial charge on any atom is -0.372 e. The Morgan fingerprint density at radius 1 is 1.10 bits per heavy atom. The molecule has 0 saturated carbocycles. The Morgan fingerprint density at radius 3 is 2.50 bits per heavy atom. The van der Waals surface area contributed by atoms with Gasteiger partial charge in [0.25, 0.3) is 0 Å². The van der Waals surface area contributed by atoms with Crippen molar-refractivity contribution >= 4 is 16.9 Å². The molecule has 1 saturated heterocycles. The SMILES string of the molecule is Cc1cc(C)c2ccc(N3CC(C)OC(C)C3)nc2n1. The number of ether oxygens (including phenoxy) is 1. The zero-order chi connectivity index (χ0) is 14.3. The number of rotatable bonds is 1. The number of anilines is 1. The number of hydrogen-bond donors (Lipinski definition) is 0. The molecular weight excluding hydrogens is 250 g/mol. The van der Waals surface area contributed by atoms with E-state index in [1.54, 1.807) is 0 Å². The van der Waals surface area contributed by atoms with Crippen LogP contribution in [-0.4, -0.2) is 35.3 Å². The lowest BCUT2D eigenvalue weighted by Gasteiger charge is -2.36. The maximum Gasteiger partial charge on any atom is 0.162 e. The summed E-state index contributed by atoms with van der Waals surface area (Å²) in [5.41, 5.74) is 3.09. The van der Waals surface area contributed by atoms with E-state index in [0.717, 1.165) is 35.6 Å². The van der Waals surface area contributed by atoms with Gasteiger partial charge in [-0.3, -0.25) is 0 Å². The molecule has 0 aromatic carbocycles. The van der Waals surface area contributed by atoms with Gasteiger partial charge in [-0.1, -0.05) is 0 Å². The minimum atomic E-state index is 0.239. The summed E-state index contributed by atoms with van der Waals surface area (Å²) < 4.78 is 5.78. The molecule has 1 aliphatic rings. The van der Waals surface area contributed by atoms with Crippen molar-refractivity contribution in [2.45, 2.75) is 39.9 Å². The van der Waals surface area contributed by atoms with Crippen LogP contribution in [0.25, 0.3) is 11.0 Å². The second kappa shape index (κ2) is 5.02. The molecule has 0 N–H and O–H groups in total. The summed E-state index contributed by atoms with van der Waals surface area (Å²) in [4.78, 5) is 11.6. The molecule has 106 valence electrons. The van der Waals surface area contributed by atoms with Gasteiger partial charge in [0.2, 0.25) is 0 Å². The van der Waals surface area contributed by atoms with E-state index in [-0.39, 0.29) is 12.2 Å². The van der Waals surface area contributed by atoms with Gasteiger partial charge in [0, 0.05) is 24.2 Å². The van der Waals surface area contributed by atoms with Crippen LogP contribution in [0, 0.1) is 13.8 Å². The van der Waals surface area contributed by atoms with E-state index in [1.807, 2.05) is 6.92 Å². The van der Waals surface area contributed by atoms with Crippen LogP contribution < -0.4 is 4.90 Å². The number of aromatic nitrogens is 2. The fourth-order valence-electron chi connectivity index (χ4n) is 2.96. The van der Waals surface area contributed by atoms with Crippen LogP contribution in [-0.2, 0) is 4.74 Å². The predicted molar refractivity (Wildman–Crippen MR) is 81.2 cm³/mol. The summed E-state index contributed by atoms with van der Waals surface area (Å²) in [5.74, 6) is 0.997. The van der Waals surface area contributed by atoms with Crippen LogP contribution in [0.3, 0.4) is 0 Å². The van der Waals surface area contributed by atoms with E-state index >= 15 is 0 Å². The van der Waals surface area contributed by atoms with Crippen LogP contribution in [0.15, 0.2) is 18.2 Å². The summed E-state index contributed by atoms with van der Waals surface area (Å²) in [6, 6.07) is 6.32. The molecule has 2 unspecified atom stereocenters. The summed E-state index contributed by atoms with van der Waals surface area (Å²) >= 11 is 0. The van der Waals surface area contributed by atoms with Gasteiger partial charge in [-0.25, -0.2) is 9.97 Å². The van der Waals surface area contributed by atoms with Gasteiger partial charge < -0.3 is 9.64 Å². The first kappa shape index (κ1) is 13.3. The maximum atomic E-state index is 5.78. The molecule has 1 fully saturated rings. The Morgan fingerprint density at radius 2 is 1.80 bits per heavy atom. The summed E-state index contributed by atoms with van der Waals surface area (Å²) in [6.45, 7) is 10.1. The second-order valence-electron chi connectivity index (χ2n) is 5.78. The Hall–Kier alpha value is -1.68. The molecule has 0 radical (unpaired) electrons. The van der Waals surface area contributed by atoms with E-state index in [1.165, 1.54) is 5.56 Å². The summed E-state index contributed by atoms with van der Waals surface area (Å²) in [6.07, 6.45) is 0.479. The van der Waals surface area contributed by atoms with Crippen LogP contribution in [0.2, 0.25) is 0 Å². The third kappa shape index (κ3) is 2.48. The molecule has 3 heterocycles. The Kier molecular flexibility index (Phi) is 3.34. The summed E-state index contributed by atoms with van der Waals surface area (Å²) in [5, 5.41) is 1.13. The van der Waals surface area contributed by atoms with Crippen LogP contribution in [0.5, 0.6) is 0 Å². The molecule has 2 atom stereocenters. The minimum absolute atomic E-state index is 0.239. The smallest absolute Gasteiger partial charge is 0.162 e. The second-order valence-corrected chi connectivity index (χ2v) is 5.78. The molecular formula is C16H21N3O. The van der Waals surface area contributed by atoms with Crippen molar-refractivity contribution in [2.75, 3.05) is 18.0 Å². The number of hydrogen-bond acceptors (Lipinski definition) is 4. The van der Waals surface area contributed by atoms with Gasteiger partial charge in [0.15, 0.2) is 5.65 Å². The van der Waals surface area contributed by atoms with Gasteiger partial charge in [-0.2, -0.15) is 0 Å². The van der Waals surface area contributed by atoms with Gasteiger partial charge in [-0.05, 0) is 51.5 Å². The van der Waals surface area contributed by atoms with Crippen molar-refractivity contribution in [1.82, 2.24) is 9.97 Å². The standard InChI is InChI=1S/C16H21N3O/c1-10-7-11(2)17-16-14(10)5-6-15(18-16)19-8-12(3)20-13(4)9-19/h5-7,12-13H,8-9H2,1-4H3. The van der Waals surface area contributed by atoms with E-state index < -0.39 is 0 Å². The molecule has 3 rings (SSSR count). The van der Waals surface area contributed by atoms with E-state index in [2.05, 4.69) is 48.9 Å². The zero-order valence-corrected chi connectivity index (χ0v) is 12.6. The molecule has 4 nitrogen and oxygen atoms in total. The third-order valence-electron chi connectivity index (χ3n) is 3.74. The molecule has 2 aromatic rings. The zero-order valence-electron chi connectivity index (χ0n) is 12.6. The maximum absolute atomic E-state index is 5.78. The van der Waals surface area contributed by atoms with E-state index in [4.69, 9.17) is 9.72 Å². The average molecular weight is 271 g/mol. The van der Waals surface area contributed by atoms with E-state index in [9.17, 15) is 0 Å². The van der Waals surface area contributed by atoms with Crippen LogP contribution in [0.4, 0.5) is 5.82 Å². The van der Waals surface area contributed by atoms with Crippen molar-refractivity contribution in [1.29, 1.82) is 0 Å². The van der Waals surface area contributed by atoms with Crippen molar-refractivity contribution in [3.63, 3.8) is 0 Å². The lowest BCUT2D eigenvalue weighted by Crippen LogP contribution is -2.45. The highest BCUT2D eigenvalue weighted by Crippen LogP contribution is 2.23. The molecule has 20 heavy (non-hydrogen) atoms. The Balaban J connectivity index is 2.00. The quantitative estimate of drug-likeness (QED) is 0.799.